The number of hydrogen-bond acceptors (Lipinski definition) is 3. The van der Waals surface area contributed by atoms with Crippen molar-refractivity contribution in [2.24, 2.45) is 5.41 Å². The van der Waals surface area contributed by atoms with Gasteiger partial charge in [0.2, 0.25) is 5.91 Å². The number of anilines is 1. The monoisotopic (exact) mass is 343 g/mol. The molecule has 1 aliphatic carbocycles. The van der Waals surface area contributed by atoms with Crippen LogP contribution in [0.15, 0.2) is 24.3 Å². The molecule has 134 valence electrons. The normalized spacial score (nSPS) is 18.3. The Labute approximate surface area is 148 Å². The third kappa shape index (κ3) is 4.00. The number of nitrogens with one attached hydrogen (secondary N) is 1. The maximum absolute atomic E-state index is 12.4. The molecule has 1 N–H and O–H groups in total. The highest BCUT2D eigenvalue weighted by atomic mass is 16.2. The van der Waals surface area contributed by atoms with Gasteiger partial charge < -0.3 is 15.1 Å². The van der Waals surface area contributed by atoms with Crippen LogP contribution in [0.4, 0.5) is 10.5 Å². The molecule has 25 heavy (non-hydrogen) atoms. The predicted molar refractivity (Wildman–Crippen MR) is 95.6 cm³/mol. The quantitative estimate of drug-likeness (QED) is 0.858. The molecule has 1 saturated heterocycles. The van der Waals surface area contributed by atoms with Crippen LogP contribution in [0.1, 0.15) is 44.0 Å². The summed E-state index contributed by atoms with van der Waals surface area (Å²) in [5.41, 5.74) is 0.804. The Bertz CT molecular complexity index is 687. The summed E-state index contributed by atoms with van der Waals surface area (Å²) in [7, 11) is 0. The second-order valence-corrected chi connectivity index (χ2v) is 7.83. The van der Waals surface area contributed by atoms with E-state index in [-0.39, 0.29) is 24.3 Å². The summed E-state index contributed by atoms with van der Waals surface area (Å²) in [6.07, 6.45) is 2.16. The number of Topliss-reactive ketones (excluding diaryl/α,β-unsaturated/α-hetero) is 1. The molecule has 0 spiro atoms. The number of piperazine rings is 1. The second kappa shape index (κ2) is 6.50. The maximum Gasteiger partial charge on any atom is 0.322 e. The molecule has 2 fully saturated rings. The van der Waals surface area contributed by atoms with Crippen LogP contribution in [0.25, 0.3) is 0 Å². The van der Waals surface area contributed by atoms with Gasteiger partial charge >= 0.3 is 6.03 Å². The molecule has 0 bridgehead atoms. The van der Waals surface area contributed by atoms with E-state index in [4.69, 9.17) is 0 Å². The maximum atomic E-state index is 12.4. The zero-order valence-electron chi connectivity index (χ0n) is 15.0. The van der Waals surface area contributed by atoms with Crippen molar-refractivity contribution in [2.45, 2.75) is 39.7 Å². The van der Waals surface area contributed by atoms with Crippen molar-refractivity contribution in [1.29, 1.82) is 0 Å². The third-order valence-electron chi connectivity index (χ3n) is 4.61. The van der Waals surface area contributed by atoms with Gasteiger partial charge in [-0.25, -0.2) is 4.79 Å². The van der Waals surface area contributed by atoms with Crippen molar-refractivity contribution in [3.63, 3.8) is 0 Å². The molecule has 0 aromatic heterocycles. The fourth-order valence-corrected chi connectivity index (χ4v) is 2.97. The van der Waals surface area contributed by atoms with Gasteiger partial charge in [-0.1, -0.05) is 20.8 Å². The van der Waals surface area contributed by atoms with E-state index in [1.165, 1.54) is 4.90 Å². The van der Waals surface area contributed by atoms with Crippen LogP contribution in [0.3, 0.4) is 0 Å². The SMILES string of the molecule is CC(C)(C)C(=O)c1ccc(NC(=O)N2CCN(C3CC3)C(=O)C2)cc1. The number of carbonyl (C=O) groups excluding carboxylic acids is 3. The first-order valence-electron chi connectivity index (χ1n) is 8.76. The molecule has 1 aliphatic heterocycles. The highest BCUT2D eigenvalue weighted by Crippen LogP contribution is 2.28. The van der Waals surface area contributed by atoms with Crippen molar-refractivity contribution in [1.82, 2.24) is 9.80 Å². The van der Waals surface area contributed by atoms with Crippen molar-refractivity contribution in [3.05, 3.63) is 29.8 Å². The van der Waals surface area contributed by atoms with Crippen molar-refractivity contribution in [2.75, 3.05) is 25.0 Å². The Morgan fingerprint density at radius 3 is 2.24 bits per heavy atom. The third-order valence-corrected chi connectivity index (χ3v) is 4.61. The molecular formula is C19H25N3O3. The van der Waals surface area contributed by atoms with E-state index in [2.05, 4.69) is 5.32 Å². The van der Waals surface area contributed by atoms with Crippen LogP contribution >= 0.6 is 0 Å². The molecule has 1 aromatic rings. The minimum Gasteiger partial charge on any atom is -0.336 e. The number of benzene rings is 1. The summed E-state index contributed by atoms with van der Waals surface area (Å²) in [6.45, 7) is 6.92. The van der Waals surface area contributed by atoms with Gasteiger partial charge in [0.15, 0.2) is 5.78 Å². The average Bonchev–Trinajstić information content (AvgIpc) is 3.38. The zero-order chi connectivity index (χ0) is 18.2. The van der Waals surface area contributed by atoms with Gasteiger partial charge in [-0.05, 0) is 37.1 Å². The fourth-order valence-electron chi connectivity index (χ4n) is 2.97. The van der Waals surface area contributed by atoms with E-state index in [9.17, 15) is 14.4 Å². The minimum atomic E-state index is -0.438. The molecule has 3 rings (SSSR count). The molecule has 0 radical (unpaired) electrons. The van der Waals surface area contributed by atoms with E-state index < -0.39 is 5.41 Å². The van der Waals surface area contributed by atoms with Gasteiger partial charge in [-0.2, -0.15) is 0 Å². The van der Waals surface area contributed by atoms with Crippen LogP contribution in [0.2, 0.25) is 0 Å². The minimum absolute atomic E-state index is 0.0232. The lowest BCUT2D eigenvalue weighted by Crippen LogP contribution is -2.53. The lowest BCUT2D eigenvalue weighted by atomic mass is 9.86. The zero-order valence-corrected chi connectivity index (χ0v) is 15.0. The summed E-state index contributed by atoms with van der Waals surface area (Å²) in [5.74, 6) is 0.0854. The molecule has 0 atom stereocenters. The van der Waals surface area contributed by atoms with Crippen LogP contribution < -0.4 is 5.32 Å². The molecule has 1 aromatic carbocycles. The van der Waals surface area contributed by atoms with Gasteiger partial charge in [0.25, 0.3) is 0 Å². The van der Waals surface area contributed by atoms with E-state index in [1.54, 1.807) is 24.3 Å². The number of hydrogen-bond donors (Lipinski definition) is 1. The lowest BCUT2D eigenvalue weighted by molar-refractivity contribution is -0.135. The van der Waals surface area contributed by atoms with Crippen LogP contribution in [0.5, 0.6) is 0 Å². The molecule has 6 nitrogen and oxygen atoms in total. The Morgan fingerprint density at radius 2 is 1.72 bits per heavy atom. The molecule has 1 saturated carbocycles. The summed E-state index contributed by atoms with van der Waals surface area (Å²) in [6, 6.07) is 7.00. The van der Waals surface area contributed by atoms with Gasteiger partial charge in [-0.15, -0.1) is 0 Å². The Morgan fingerprint density at radius 1 is 1.08 bits per heavy atom. The second-order valence-electron chi connectivity index (χ2n) is 7.83. The highest BCUT2D eigenvalue weighted by Gasteiger charge is 2.36. The predicted octanol–water partition coefficient (Wildman–Crippen LogP) is 2.75. The van der Waals surface area contributed by atoms with Gasteiger partial charge in [-0.3, -0.25) is 9.59 Å². The molecule has 6 heteroatoms. The topological polar surface area (TPSA) is 69.7 Å². The molecule has 3 amide bonds. The lowest BCUT2D eigenvalue weighted by Gasteiger charge is -2.34. The van der Waals surface area contributed by atoms with E-state index >= 15 is 0 Å². The Balaban J connectivity index is 1.58. The number of amides is 3. The summed E-state index contributed by atoms with van der Waals surface area (Å²) >= 11 is 0. The summed E-state index contributed by atoms with van der Waals surface area (Å²) in [4.78, 5) is 40.1. The van der Waals surface area contributed by atoms with Crippen molar-refractivity contribution >= 4 is 23.4 Å². The van der Waals surface area contributed by atoms with Crippen LogP contribution in [0, 0.1) is 5.41 Å². The van der Waals surface area contributed by atoms with Crippen LogP contribution in [-0.2, 0) is 4.79 Å². The van der Waals surface area contributed by atoms with Gasteiger partial charge in [0.1, 0.15) is 6.54 Å². The molecular weight excluding hydrogens is 318 g/mol. The van der Waals surface area contributed by atoms with E-state index in [1.807, 2.05) is 25.7 Å². The first-order chi connectivity index (χ1) is 11.8. The largest absolute Gasteiger partial charge is 0.336 e. The smallest absolute Gasteiger partial charge is 0.322 e. The average molecular weight is 343 g/mol. The van der Waals surface area contributed by atoms with Crippen molar-refractivity contribution in [3.8, 4) is 0 Å². The van der Waals surface area contributed by atoms with E-state index in [0.717, 1.165) is 12.8 Å². The summed E-state index contributed by atoms with van der Waals surface area (Å²) < 4.78 is 0. The van der Waals surface area contributed by atoms with Gasteiger partial charge in [0.05, 0.1) is 0 Å². The molecule has 0 unspecified atom stereocenters. The number of urea groups is 1. The molecule has 1 heterocycles. The number of ketones is 1. The molecule has 2 aliphatic rings. The first-order valence-corrected chi connectivity index (χ1v) is 8.76. The Hall–Kier alpha value is -2.37. The number of carbonyl (C=O) groups is 3. The highest BCUT2D eigenvalue weighted by molar-refractivity contribution is 6.00. The fraction of sp³-hybridized carbons (Fsp3) is 0.526. The van der Waals surface area contributed by atoms with Gasteiger partial charge in [0, 0.05) is 35.8 Å². The number of rotatable bonds is 3. The number of nitrogens with zero attached hydrogens (tertiary/aromatic N) is 2. The standard InChI is InChI=1S/C19H25N3O3/c1-19(2,3)17(24)13-4-6-14(7-5-13)20-18(25)21-10-11-22(15-8-9-15)16(23)12-21/h4-7,15H,8-12H2,1-3H3,(H,20,25). The summed E-state index contributed by atoms with van der Waals surface area (Å²) in [5, 5.41) is 2.80. The van der Waals surface area contributed by atoms with E-state index in [0.29, 0.717) is 30.4 Å². The van der Waals surface area contributed by atoms with Crippen molar-refractivity contribution < 1.29 is 14.4 Å². The Kier molecular flexibility index (Phi) is 4.54. The first kappa shape index (κ1) is 17.5. The van der Waals surface area contributed by atoms with Crippen LogP contribution in [-0.4, -0.2) is 53.2 Å².